The highest BCUT2D eigenvalue weighted by Gasteiger charge is 2.13. The minimum atomic E-state index is -0.321. The van der Waals surface area contributed by atoms with Crippen LogP contribution in [0.1, 0.15) is 27.8 Å². The van der Waals surface area contributed by atoms with Crippen LogP contribution in [0.25, 0.3) is 11.0 Å². The first-order valence-corrected chi connectivity index (χ1v) is 7.69. The summed E-state index contributed by atoms with van der Waals surface area (Å²) in [6.07, 6.45) is 1.78. The maximum absolute atomic E-state index is 12.1. The maximum atomic E-state index is 12.1. The molecular formula is C20H17NO3. The van der Waals surface area contributed by atoms with Crippen LogP contribution in [-0.4, -0.2) is 5.97 Å². The smallest absolute Gasteiger partial charge is 0.310 e. The van der Waals surface area contributed by atoms with E-state index in [4.69, 9.17) is 14.4 Å². The lowest BCUT2D eigenvalue weighted by molar-refractivity contribution is -0.144. The number of hydrogen-bond acceptors (Lipinski definition) is 4. The number of nitriles is 1. The molecule has 0 saturated heterocycles. The molecule has 0 bridgehead atoms. The van der Waals surface area contributed by atoms with Crippen LogP contribution in [0.4, 0.5) is 0 Å². The van der Waals surface area contributed by atoms with E-state index in [0.717, 1.165) is 33.2 Å². The van der Waals surface area contributed by atoms with Gasteiger partial charge in [0.15, 0.2) is 0 Å². The molecule has 1 aromatic heterocycles. The topological polar surface area (TPSA) is 63.2 Å². The van der Waals surface area contributed by atoms with E-state index in [-0.39, 0.29) is 19.0 Å². The Morgan fingerprint density at radius 2 is 2.08 bits per heavy atom. The van der Waals surface area contributed by atoms with Crippen molar-refractivity contribution in [1.82, 2.24) is 0 Å². The highest BCUT2D eigenvalue weighted by Crippen LogP contribution is 2.27. The summed E-state index contributed by atoms with van der Waals surface area (Å²) >= 11 is 0. The van der Waals surface area contributed by atoms with E-state index >= 15 is 0 Å². The summed E-state index contributed by atoms with van der Waals surface area (Å²) < 4.78 is 10.9. The van der Waals surface area contributed by atoms with Gasteiger partial charge in [-0.25, -0.2) is 0 Å². The van der Waals surface area contributed by atoms with Crippen LogP contribution in [0, 0.1) is 25.2 Å². The Balaban J connectivity index is 1.69. The molecule has 4 nitrogen and oxygen atoms in total. The van der Waals surface area contributed by atoms with Gasteiger partial charge in [0.2, 0.25) is 0 Å². The first-order chi connectivity index (χ1) is 11.6. The zero-order valence-corrected chi connectivity index (χ0v) is 13.6. The summed E-state index contributed by atoms with van der Waals surface area (Å²) in [5.41, 5.74) is 5.23. The van der Waals surface area contributed by atoms with Gasteiger partial charge < -0.3 is 9.15 Å². The fraction of sp³-hybridized carbons (Fsp3) is 0.200. The summed E-state index contributed by atoms with van der Waals surface area (Å²) in [5.74, 6) is -0.321. The number of aryl methyl sites for hydroxylation is 2. The summed E-state index contributed by atoms with van der Waals surface area (Å²) in [5, 5.41) is 9.83. The number of furan rings is 1. The van der Waals surface area contributed by atoms with E-state index < -0.39 is 0 Å². The van der Waals surface area contributed by atoms with Crippen LogP contribution >= 0.6 is 0 Å². The lowest BCUT2D eigenvalue weighted by atomic mass is 10.0. The predicted molar refractivity (Wildman–Crippen MR) is 90.3 cm³/mol. The lowest BCUT2D eigenvalue weighted by Crippen LogP contribution is -2.07. The number of ether oxygens (including phenoxy) is 1. The molecule has 0 radical (unpaired) electrons. The Labute approximate surface area is 140 Å². The molecule has 0 aliphatic heterocycles. The monoisotopic (exact) mass is 319 g/mol. The largest absolute Gasteiger partial charge is 0.464 e. The molecular weight excluding hydrogens is 302 g/mol. The van der Waals surface area contributed by atoms with E-state index in [0.29, 0.717) is 5.56 Å². The van der Waals surface area contributed by atoms with Gasteiger partial charge in [0.1, 0.15) is 12.2 Å². The Morgan fingerprint density at radius 1 is 1.25 bits per heavy atom. The van der Waals surface area contributed by atoms with Crippen LogP contribution in [0.2, 0.25) is 0 Å². The van der Waals surface area contributed by atoms with Crippen molar-refractivity contribution in [2.24, 2.45) is 0 Å². The molecule has 24 heavy (non-hydrogen) atoms. The first-order valence-electron chi connectivity index (χ1n) is 7.69. The molecule has 3 aromatic rings. The van der Waals surface area contributed by atoms with E-state index in [9.17, 15) is 4.79 Å². The third-order valence-corrected chi connectivity index (χ3v) is 4.13. The zero-order valence-electron chi connectivity index (χ0n) is 13.6. The van der Waals surface area contributed by atoms with Gasteiger partial charge in [0.05, 0.1) is 24.3 Å². The number of esters is 1. The predicted octanol–water partition coefficient (Wildman–Crippen LogP) is 4.21. The normalized spacial score (nSPS) is 10.5. The van der Waals surface area contributed by atoms with Gasteiger partial charge in [-0.2, -0.15) is 5.26 Å². The van der Waals surface area contributed by atoms with Crippen molar-refractivity contribution in [2.75, 3.05) is 0 Å². The first kappa shape index (κ1) is 15.8. The Bertz CT molecular complexity index is 947. The van der Waals surface area contributed by atoms with E-state index in [2.05, 4.69) is 6.07 Å². The molecule has 120 valence electrons. The number of hydrogen-bond donors (Lipinski definition) is 0. The summed E-state index contributed by atoms with van der Waals surface area (Å²) in [4.78, 5) is 12.1. The lowest BCUT2D eigenvalue weighted by Gasteiger charge is -2.05. The van der Waals surface area contributed by atoms with Gasteiger partial charge in [-0.1, -0.05) is 24.3 Å². The van der Waals surface area contributed by atoms with Crippen LogP contribution < -0.4 is 0 Å². The van der Waals surface area contributed by atoms with E-state index in [1.54, 1.807) is 24.5 Å². The number of rotatable bonds is 4. The third-order valence-electron chi connectivity index (χ3n) is 4.13. The Hall–Kier alpha value is -3.06. The number of carbonyl (C=O) groups is 1. The summed E-state index contributed by atoms with van der Waals surface area (Å²) in [6, 6.07) is 13.1. The van der Waals surface area contributed by atoms with Crippen molar-refractivity contribution >= 4 is 16.9 Å². The van der Waals surface area contributed by atoms with Gasteiger partial charge in [-0.15, -0.1) is 0 Å². The van der Waals surface area contributed by atoms with Crippen molar-refractivity contribution < 1.29 is 13.9 Å². The average molecular weight is 319 g/mol. The number of benzene rings is 2. The molecule has 0 atom stereocenters. The molecule has 0 aliphatic rings. The molecule has 1 heterocycles. The second-order valence-electron chi connectivity index (χ2n) is 5.79. The van der Waals surface area contributed by atoms with Crippen LogP contribution in [0.5, 0.6) is 0 Å². The minimum Gasteiger partial charge on any atom is -0.464 e. The molecule has 2 aromatic carbocycles. The Morgan fingerprint density at radius 3 is 2.88 bits per heavy atom. The third kappa shape index (κ3) is 3.16. The highest BCUT2D eigenvalue weighted by molar-refractivity contribution is 5.88. The van der Waals surface area contributed by atoms with Crippen LogP contribution in [0.3, 0.4) is 0 Å². The van der Waals surface area contributed by atoms with Gasteiger partial charge in [0, 0.05) is 10.9 Å². The fourth-order valence-corrected chi connectivity index (χ4v) is 2.63. The molecule has 0 unspecified atom stereocenters. The van der Waals surface area contributed by atoms with E-state index in [1.165, 1.54) is 0 Å². The fourth-order valence-electron chi connectivity index (χ4n) is 2.63. The molecule has 0 amide bonds. The van der Waals surface area contributed by atoms with Gasteiger partial charge in [-0.3, -0.25) is 4.79 Å². The van der Waals surface area contributed by atoms with Crippen molar-refractivity contribution in [2.45, 2.75) is 26.9 Å². The second kappa shape index (κ2) is 6.59. The van der Waals surface area contributed by atoms with Gasteiger partial charge in [0.25, 0.3) is 0 Å². The van der Waals surface area contributed by atoms with Crippen molar-refractivity contribution in [3.8, 4) is 6.07 Å². The highest BCUT2D eigenvalue weighted by atomic mass is 16.5. The molecule has 3 rings (SSSR count). The SMILES string of the molecule is Cc1ccc2c(CC(=O)OCc3cccc(C#N)c3)coc2c1C. The van der Waals surface area contributed by atoms with E-state index in [1.807, 2.05) is 32.0 Å². The number of fused-ring (bicyclic) bond motifs is 1. The van der Waals surface area contributed by atoms with Crippen LogP contribution in [-0.2, 0) is 22.6 Å². The van der Waals surface area contributed by atoms with Crippen molar-refractivity contribution in [3.05, 3.63) is 70.5 Å². The van der Waals surface area contributed by atoms with Crippen LogP contribution in [0.15, 0.2) is 47.1 Å². The van der Waals surface area contributed by atoms with Gasteiger partial charge in [-0.05, 0) is 42.7 Å². The Kier molecular flexibility index (Phi) is 4.35. The molecule has 0 spiro atoms. The van der Waals surface area contributed by atoms with Crippen molar-refractivity contribution in [1.29, 1.82) is 5.26 Å². The molecule has 0 N–H and O–H groups in total. The summed E-state index contributed by atoms with van der Waals surface area (Å²) in [7, 11) is 0. The quantitative estimate of drug-likeness (QED) is 0.676. The summed E-state index contributed by atoms with van der Waals surface area (Å²) in [6.45, 7) is 4.19. The van der Waals surface area contributed by atoms with Crippen molar-refractivity contribution in [3.63, 3.8) is 0 Å². The standard InChI is InChI=1S/C20H17NO3/c1-13-6-7-18-17(12-24-20(18)14(13)2)9-19(22)23-11-16-5-3-4-15(8-16)10-21/h3-8,12H,9,11H2,1-2H3. The maximum Gasteiger partial charge on any atom is 0.310 e. The molecule has 0 aliphatic carbocycles. The second-order valence-corrected chi connectivity index (χ2v) is 5.79. The zero-order chi connectivity index (χ0) is 17.1. The minimum absolute atomic E-state index is 0.155. The molecule has 4 heteroatoms. The van der Waals surface area contributed by atoms with Gasteiger partial charge >= 0.3 is 5.97 Å². The average Bonchev–Trinajstić information content (AvgIpc) is 3.00. The number of carbonyl (C=O) groups excluding carboxylic acids is 1. The molecule has 0 saturated carbocycles. The molecule has 0 fully saturated rings. The number of nitrogens with zero attached hydrogens (tertiary/aromatic N) is 1.